The van der Waals surface area contributed by atoms with Gasteiger partial charge >= 0.3 is 0 Å². The first-order valence-electron chi connectivity index (χ1n) is 8.09. The molecule has 1 N–H and O–H groups in total. The molecule has 27 heavy (non-hydrogen) atoms. The SMILES string of the molecule is Cc1sc2ncnc(Nc3ccc(SC#N)cc3)c2c1-c1ccc(F)cc1. The van der Waals surface area contributed by atoms with Gasteiger partial charge in [-0.1, -0.05) is 12.1 Å². The van der Waals surface area contributed by atoms with Gasteiger partial charge in [0.2, 0.25) is 0 Å². The Labute approximate surface area is 163 Å². The minimum Gasteiger partial charge on any atom is -0.340 e. The van der Waals surface area contributed by atoms with Crippen LogP contribution < -0.4 is 5.32 Å². The van der Waals surface area contributed by atoms with E-state index in [4.69, 9.17) is 5.26 Å². The Morgan fingerprint density at radius 3 is 2.52 bits per heavy atom. The van der Waals surface area contributed by atoms with E-state index < -0.39 is 0 Å². The molecule has 0 spiro atoms. The van der Waals surface area contributed by atoms with Gasteiger partial charge in [0.05, 0.1) is 5.39 Å². The first kappa shape index (κ1) is 17.5. The van der Waals surface area contributed by atoms with Crippen LogP contribution in [0.15, 0.2) is 59.8 Å². The molecule has 0 amide bonds. The van der Waals surface area contributed by atoms with Crippen LogP contribution in [0.3, 0.4) is 0 Å². The highest BCUT2D eigenvalue weighted by Gasteiger charge is 2.17. The summed E-state index contributed by atoms with van der Waals surface area (Å²) in [5.74, 6) is 0.435. The highest BCUT2D eigenvalue weighted by Crippen LogP contribution is 2.41. The molecular weight excluding hydrogens is 379 g/mol. The molecule has 0 fully saturated rings. The van der Waals surface area contributed by atoms with Crippen molar-refractivity contribution in [2.24, 2.45) is 0 Å². The van der Waals surface area contributed by atoms with Gasteiger partial charge in [-0.2, -0.15) is 5.26 Å². The molecule has 4 nitrogen and oxygen atoms in total. The first-order valence-corrected chi connectivity index (χ1v) is 9.72. The third kappa shape index (κ3) is 3.50. The fourth-order valence-corrected chi connectivity index (χ4v) is 4.29. The maximum absolute atomic E-state index is 13.3. The van der Waals surface area contributed by atoms with Gasteiger partial charge < -0.3 is 5.32 Å². The van der Waals surface area contributed by atoms with Gasteiger partial charge in [0.25, 0.3) is 0 Å². The van der Waals surface area contributed by atoms with E-state index in [1.165, 1.54) is 18.5 Å². The van der Waals surface area contributed by atoms with Crippen LogP contribution in [0.4, 0.5) is 15.9 Å². The number of thiophene rings is 1. The normalized spacial score (nSPS) is 10.7. The second kappa shape index (κ2) is 7.35. The van der Waals surface area contributed by atoms with Crippen LogP contribution in [0.25, 0.3) is 21.3 Å². The molecule has 0 aliphatic heterocycles. The van der Waals surface area contributed by atoms with Crippen molar-refractivity contribution in [3.63, 3.8) is 0 Å². The number of aromatic nitrogens is 2. The molecule has 4 rings (SSSR count). The van der Waals surface area contributed by atoms with Crippen molar-refractivity contribution >= 4 is 44.8 Å². The van der Waals surface area contributed by atoms with E-state index in [-0.39, 0.29) is 5.82 Å². The molecule has 2 aromatic carbocycles. The maximum atomic E-state index is 13.3. The maximum Gasteiger partial charge on any atom is 0.143 e. The molecule has 2 heterocycles. The summed E-state index contributed by atoms with van der Waals surface area (Å²) in [5.41, 5.74) is 2.81. The van der Waals surface area contributed by atoms with Crippen LogP contribution in [0.1, 0.15) is 4.88 Å². The molecule has 0 aliphatic carbocycles. The Balaban J connectivity index is 1.79. The predicted octanol–water partition coefficient (Wildman–Crippen LogP) is 6.12. The van der Waals surface area contributed by atoms with Crippen LogP contribution >= 0.6 is 23.1 Å². The minimum atomic E-state index is -0.263. The summed E-state index contributed by atoms with van der Waals surface area (Å²) in [6.07, 6.45) is 1.54. The highest BCUT2D eigenvalue weighted by atomic mass is 32.2. The largest absolute Gasteiger partial charge is 0.340 e. The minimum absolute atomic E-state index is 0.263. The molecule has 7 heteroatoms. The number of nitriles is 1. The number of rotatable bonds is 4. The molecule has 0 saturated heterocycles. The summed E-state index contributed by atoms with van der Waals surface area (Å²) in [6.45, 7) is 2.03. The van der Waals surface area contributed by atoms with E-state index in [0.717, 1.165) is 48.6 Å². The van der Waals surface area contributed by atoms with Crippen molar-refractivity contribution in [1.29, 1.82) is 5.26 Å². The second-order valence-corrected chi connectivity index (χ2v) is 7.85. The zero-order valence-corrected chi connectivity index (χ0v) is 15.9. The van der Waals surface area contributed by atoms with E-state index in [2.05, 4.69) is 20.7 Å². The Morgan fingerprint density at radius 2 is 1.81 bits per heavy atom. The van der Waals surface area contributed by atoms with Gasteiger partial charge in [0.1, 0.15) is 28.2 Å². The lowest BCUT2D eigenvalue weighted by atomic mass is 10.0. The van der Waals surface area contributed by atoms with Gasteiger partial charge in [-0.3, -0.25) is 0 Å². The molecular formula is C20H13FN4S2. The number of aryl methyl sites for hydroxylation is 1. The summed E-state index contributed by atoms with van der Waals surface area (Å²) in [4.78, 5) is 11.7. The molecule has 0 radical (unpaired) electrons. The monoisotopic (exact) mass is 392 g/mol. The second-order valence-electron chi connectivity index (χ2n) is 5.79. The molecule has 0 bridgehead atoms. The van der Waals surface area contributed by atoms with Crippen LogP contribution in [-0.2, 0) is 0 Å². The van der Waals surface area contributed by atoms with Crippen molar-refractivity contribution in [1.82, 2.24) is 9.97 Å². The topological polar surface area (TPSA) is 61.6 Å². The van der Waals surface area contributed by atoms with E-state index in [9.17, 15) is 4.39 Å². The van der Waals surface area contributed by atoms with E-state index in [1.807, 2.05) is 31.2 Å². The Morgan fingerprint density at radius 1 is 1.07 bits per heavy atom. The average Bonchev–Trinajstić information content (AvgIpc) is 3.01. The van der Waals surface area contributed by atoms with Gasteiger partial charge in [-0.15, -0.1) is 11.3 Å². The summed E-state index contributed by atoms with van der Waals surface area (Å²) >= 11 is 2.71. The highest BCUT2D eigenvalue weighted by molar-refractivity contribution is 8.03. The number of thiocyanates is 1. The number of thioether (sulfide) groups is 1. The fraction of sp³-hybridized carbons (Fsp3) is 0.0500. The lowest BCUT2D eigenvalue weighted by Crippen LogP contribution is -1.95. The quantitative estimate of drug-likeness (QED) is 0.335. The molecule has 0 unspecified atom stereocenters. The summed E-state index contributed by atoms with van der Waals surface area (Å²) in [5, 5.41) is 15.1. The number of nitrogens with zero attached hydrogens (tertiary/aromatic N) is 3. The first-order chi connectivity index (χ1) is 13.2. The van der Waals surface area contributed by atoms with Crippen molar-refractivity contribution in [3.05, 3.63) is 65.6 Å². The number of hydrogen-bond acceptors (Lipinski definition) is 6. The van der Waals surface area contributed by atoms with Gasteiger partial charge in [-0.25, -0.2) is 14.4 Å². The molecule has 0 aliphatic rings. The lowest BCUT2D eigenvalue weighted by molar-refractivity contribution is 0.628. The van der Waals surface area contributed by atoms with Gasteiger partial charge in [0.15, 0.2) is 0 Å². The number of halogens is 1. The number of anilines is 2. The Bertz CT molecular complexity index is 1150. The van der Waals surface area contributed by atoms with Gasteiger partial charge in [-0.05, 0) is 60.6 Å². The van der Waals surface area contributed by atoms with Crippen molar-refractivity contribution in [2.75, 3.05) is 5.32 Å². The molecule has 0 saturated carbocycles. The summed E-state index contributed by atoms with van der Waals surface area (Å²) in [7, 11) is 0. The van der Waals surface area contributed by atoms with Crippen molar-refractivity contribution < 1.29 is 4.39 Å². The van der Waals surface area contributed by atoms with Crippen molar-refractivity contribution in [2.45, 2.75) is 11.8 Å². The summed E-state index contributed by atoms with van der Waals surface area (Å²) < 4.78 is 13.3. The van der Waals surface area contributed by atoms with Crippen LogP contribution in [0, 0.1) is 23.4 Å². The molecule has 4 aromatic rings. The van der Waals surface area contributed by atoms with Crippen LogP contribution in [0.2, 0.25) is 0 Å². The Hall–Kier alpha value is -2.95. The third-order valence-electron chi connectivity index (χ3n) is 4.08. The van der Waals surface area contributed by atoms with Crippen molar-refractivity contribution in [3.8, 4) is 16.5 Å². The summed E-state index contributed by atoms with van der Waals surface area (Å²) in [6, 6.07) is 14.0. The van der Waals surface area contributed by atoms with E-state index in [0.29, 0.717) is 5.82 Å². The Kier molecular flexibility index (Phi) is 4.75. The molecule has 132 valence electrons. The van der Waals surface area contributed by atoms with Gasteiger partial charge in [0, 0.05) is 21.0 Å². The zero-order chi connectivity index (χ0) is 18.8. The smallest absolute Gasteiger partial charge is 0.143 e. The molecule has 0 atom stereocenters. The third-order valence-corrected chi connectivity index (χ3v) is 5.69. The number of hydrogen-bond donors (Lipinski definition) is 1. The number of fused-ring (bicyclic) bond motifs is 1. The average molecular weight is 392 g/mol. The predicted molar refractivity (Wildman–Crippen MR) is 109 cm³/mol. The van der Waals surface area contributed by atoms with Crippen LogP contribution in [-0.4, -0.2) is 9.97 Å². The molecule has 2 aromatic heterocycles. The number of benzene rings is 2. The van der Waals surface area contributed by atoms with Crippen LogP contribution in [0.5, 0.6) is 0 Å². The zero-order valence-electron chi connectivity index (χ0n) is 14.2. The standard InChI is InChI=1S/C20H13FN4S2/c1-12-17(13-2-4-14(21)5-3-13)18-19(23-11-24-20(18)27-12)25-15-6-8-16(9-7-15)26-10-22/h2-9,11H,1H3,(H,23,24,25). The lowest BCUT2D eigenvalue weighted by Gasteiger charge is -2.09. The fourth-order valence-electron chi connectivity index (χ4n) is 2.90. The van der Waals surface area contributed by atoms with E-state index >= 15 is 0 Å². The van der Waals surface area contributed by atoms with E-state index in [1.54, 1.807) is 23.5 Å². The number of nitrogens with one attached hydrogen (secondary N) is 1.